The minimum Gasteiger partial charge on any atom is -0.398 e. The van der Waals surface area contributed by atoms with Gasteiger partial charge in [-0.1, -0.05) is 0 Å². The Morgan fingerprint density at radius 1 is 1.40 bits per heavy atom. The molecule has 4 nitrogen and oxygen atoms in total. The van der Waals surface area contributed by atoms with Crippen molar-refractivity contribution in [1.82, 2.24) is 0 Å². The Morgan fingerprint density at radius 2 is 2.07 bits per heavy atom. The number of hydrogen-bond donors (Lipinski definition) is 2. The first-order chi connectivity index (χ1) is 6.97. The van der Waals surface area contributed by atoms with E-state index in [1.54, 1.807) is 0 Å². The Hall–Kier alpha value is -1.14. The Morgan fingerprint density at radius 3 is 2.67 bits per heavy atom. The molecule has 0 aliphatic carbocycles. The summed E-state index contributed by atoms with van der Waals surface area (Å²) in [5.74, 6) is -0.885. The van der Waals surface area contributed by atoms with Gasteiger partial charge >= 0.3 is 0 Å². The van der Waals surface area contributed by atoms with Gasteiger partial charge in [0.05, 0.1) is 16.3 Å². The minimum absolute atomic E-state index is 0.0225. The van der Waals surface area contributed by atoms with Crippen LogP contribution in [0.3, 0.4) is 0 Å². The number of aliphatic hydroxyl groups excluding tert-OH is 1. The summed E-state index contributed by atoms with van der Waals surface area (Å²) >= 11 is 0. The first-order valence-electron chi connectivity index (χ1n) is 4.36. The third kappa shape index (κ3) is 2.90. The van der Waals surface area contributed by atoms with Crippen molar-refractivity contribution < 1.29 is 17.9 Å². The fourth-order valence-corrected chi connectivity index (χ4v) is 2.59. The molecule has 0 saturated heterocycles. The molecule has 1 aromatic carbocycles. The zero-order valence-electron chi connectivity index (χ0n) is 7.98. The monoisotopic (exact) mass is 233 g/mol. The van der Waals surface area contributed by atoms with Crippen LogP contribution in [0.15, 0.2) is 23.1 Å². The van der Waals surface area contributed by atoms with Gasteiger partial charge in [0.25, 0.3) is 0 Å². The van der Waals surface area contributed by atoms with E-state index in [4.69, 9.17) is 10.8 Å². The molecule has 0 heterocycles. The standard InChI is InChI=1S/C9H12FNO3S/c10-7-2-3-8(11)9(6-7)15(13,14)5-1-4-12/h2-3,6,12H,1,4-5,11H2. The fourth-order valence-electron chi connectivity index (χ4n) is 1.14. The second-order valence-corrected chi connectivity index (χ2v) is 5.16. The third-order valence-electron chi connectivity index (χ3n) is 1.88. The molecule has 0 aromatic heterocycles. The molecule has 0 radical (unpaired) electrons. The van der Waals surface area contributed by atoms with E-state index in [0.717, 1.165) is 12.1 Å². The number of hydrogen-bond acceptors (Lipinski definition) is 4. The second kappa shape index (κ2) is 4.59. The predicted molar refractivity (Wildman–Crippen MR) is 54.6 cm³/mol. The van der Waals surface area contributed by atoms with E-state index in [9.17, 15) is 12.8 Å². The van der Waals surface area contributed by atoms with Gasteiger partial charge in [-0.15, -0.1) is 0 Å². The highest BCUT2D eigenvalue weighted by Gasteiger charge is 2.17. The van der Waals surface area contributed by atoms with Crippen LogP contribution in [-0.4, -0.2) is 25.9 Å². The Bertz CT molecular complexity index is 445. The Labute approximate surface area is 87.5 Å². The summed E-state index contributed by atoms with van der Waals surface area (Å²) in [6, 6.07) is 3.20. The molecule has 0 saturated carbocycles. The average molecular weight is 233 g/mol. The lowest BCUT2D eigenvalue weighted by molar-refractivity contribution is 0.295. The number of nitrogens with two attached hydrogens (primary N) is 1. The van der Waals surface area contributed by atoms with Crippen molar-refractivity contribution in [1.29, 1.82) is 0 Å². The topological polar surface area (TPSA) is 80.4 Å². The minimum atomic E-state index is -3.60. The Kier molecular flexibility index (Phi) is 3.65. The van der Waals surface area contributed by atoms with Crippen molar-refractivity contribution in [2.75, 3.05) is 18.1 Å². The van der Waals surface area contributed by atoms with Crippen molar-refractivity contribution in [3.05, 3.63) is 24.0 Å². The molecule has 3 N–H and O–H groups in total. The van der Waals surface area contributed by atoms with Crippen molar-refractivity contribution >= 4 is 15.5 Å². The lowest BCUT2D eigenvalue weighted by Gasteiger charge is -2.06. The van der Waals surface area contributed by atoms with Gasteiger partial charge in [0.1, 0.15) is 5.82 Å². The summed E-state index contributed by atoms with van der Waals surface area (Å²) in [4.78, 5) is -0.212. The van der Waals surface area contributed by atoms with Gasteiger partial charge in [0.15, 0.2) is 9.84 Å². The number of halogens is 1. The summed E-state index contributed by atoms with van der Waals surface area (Å²) in [5.41, 5.74) is 5.46. The van der Waals surface area contributed by atoms with E-state index in [1.807, 2.05) is 0 Å². The maximum absolute atomic E-state index is 12.8. The van der Waals surface area contributed by atoms with Crippen LogP contribution in [0.1, 0.15) is 6.42 Å². The number of sulfone groups is 1. The quantitative estimate of drug-likeness (QED) is 0.745. The van der Waals surface area contributed by atoms with E-state index < -0.39 is 15.7 Å². The summed E-state index contributed by atoms with van der Waals surface area (Å²) < 4.78 is 36.0. The molecule has 0 aliphatic rings. The molecule has 0 unspecified atom stereocenters. The maximum atomic E-state index is 12.8. The molecule has 0 amide bonds. The molecule has 0 aliphatic heterocycles. The van der Waals surface area contributed by atoms with E-state index in [2.05, 4.69) is 0 Å². The average Bonchev–Trinajstić information content (AvgIpc) is 2.18. The smallest absolute Gasteiger partial charge is 0.180 e. The van der Waals surface area contributed by atoms with Crippen molar-refractivity contribution in [2.45, 2.75) is 11.3 Å². The second-order valence-electron chi connectivity index (χ2n) is 3.08. The first-order valence-corrected chi connectivity index (χ1v) is 6.01. The number of nitrogen functional groups attached to an aromatic ring is 1. The van der Waals surface area contributed by atoms with Gasteiger partial charge < -0.3 is 10.8 Å². The number of benzene rings is 1. The van der Waals surface area contributed by atoms with Gasteiger partial charge in [0.2, 0.25) is 0 Å². The van der Waals surface area contributed by atoms with Crippen LogP contribution in [0, 0.1) is 5.82 Å². The predicted octanol–water partition coefficient (Wildman–Crippen LogP) is 0.564. The molecule has 1 rings (SSSR count). The van der Waals surface area contributed by atoms with Gasteiger partial charge in [-0.25, -0.2) is 12.8 Å². The van der Waals surface area contributed by atoms with Gasteiger partial charge in [-0.2, -0.15) is 0 Å². The van der Waals surface area contributed by atoms with E-state index in [0.29, 0.717) is 0 Å². The molecule has 84 valence electrons. The molecular formula is C9H12FNO3S. The summed E-state index contributed by atoms with van der Waals surface area (Å²) in [6.07, 6.45) is 0.109. The lowest BCUT2D eigenvalue weighted by Crippen LogP contribution is -2.11. The molecule has 15 heavy (non-hydrogen) atoms. The van der Waals surface area contributed by atoms with Crippen molar-refractivity contribution in [2.24, 2.45) is 0 Å². The van der Waals surface area contributed by atoms with Gasteiger partial charge in [0, 0.05) is 6.61 Å². The molecule has 1 aromatic rings. The van der Waals surface area contributed by atoms with Crippen molar-refractivity contribution in [3.8, 4) is 0 Å². The highest BCUT2D eigenvalue weighted by atomic mass is 32.2. The van der Waals surface area contributed by atoms with Crippen molar-refractivity contribution in [3.63, 3.8) is 0 Å². The van der Waals surface area contributed by atoms with Gasteiger partial charge in [-0.3, -0.25) is 0 Å². The number of aliphatic hydroxyl groups is 1. The SMILES string of the molecule is Nc1ccc(F)cc1S(=O)(=O)CCCO. The van der Waals surface area contributed by atoms with Crippen LogP contribution in [0.2, 0.25) is 0 Å². The van der Waals surface area contributed by atoms with Crippen LogP contribution >= 0.6 is 0 Å². The first kappa shape index (κ1) is 11.9. The molecule has 0 bridgehead atoms. The normalized spacial score (nSPS) is 11.6. The lowest BCUT2D eigenvalue weighted by atomic mass is 10.3. The van der Waals surface area contributed by atoms with Crippen LogP contribution < -0.4 is 5.73 Å². The van der Waals surface area contributed by atoms with E-state index in [-0.39, 0.29) is 29.4 Å². The number of rotatable bonds is 4. The largest absolute Gasteiger partial charge is 0.398 e. The molecule has 0 fully saturated rings. The summed E-state index contributed by atoms with van der Waals surface area (Å²) in [6.45, 7) is -0.228. The van der Waals surface area contributed by atoms with Crippen LogP contribution in [0.4, 0.5) is 10.1 Å². The summed E-state index contributed by atoms with van der Waals surface area (Å²) in [7, 11) is -3.60. The third-order valence-corrected chi connectivity index (χ3v) is 3.73. The molecular weight excluding hydrogens is 221 g/mol. The van der Waals surface area contributed by atoms with Crippen LogP contribution in [0.25, 0.3) is 0 Å². The highest BCUT2D eigenvalue weighted by molar-refractivity contribution is 7.91. The van der Waals surface area contributed by atoms with Gasteiger partial charge in [-0.05, 0) is 24.6 Å². The zero-order valence-corrected chi connectivity index (χ0v) is 8.80. The van der Waals surface area contributed by atoms with E-state index in [1.165, 1.54) is 6.07 Å². The maximum Gasteiger partial charge on any atom is 0.180 e. The molecule has 0 spiro atoms. The number of anilines is 1. The Balaban J connectivity index is 3.09. The molecule has 0 atom stereocenters. The fraction of sp³-hybridized carbons (Fsp3) is 0.333. The highest BCUT2D eigenvalue weighted by Crippen LogP contribution is 2.20. The van der Waals surface area contributed by atoms with E-state index >= 15 is 0 Å². The molecule has 6 heteroatoms. The summed E-state index contributed by atoms with van der Waals surface area (Å²) in [5, 5.41) is 8.53. The van der Waals surface area contributed by atoms with Crippen LogP contribution in [0.5, 0.6) is 0 Å². The zero-order chi connectivity index (χ0) is 11.5. The van der Waals surface area contributed by atoms with Crippen LogP contribution in [-0.2, 0) is 9.84 Å².